The van der Waals surface area contributed by atoms with E-state index < -0.39 is 47.8 Å². The van der Waals surface area contributed by atoms with Gasteiger partial charge in [-0.3, -0.25) is 14.8 Å². The Morgan fingerprint density at radius 2 is 1.86 bits per heavy atom. The first-order valence-electron chi connectivity index (χ1n) is 11.0. The van der Waals surface area contributed by atoms with E-state index in [1.54, 1.807) is 0 Å². The van der Waals surface area contributed by atoms with Crippen molar-refractivity contribution in [1.29, 1.82) is 0 Å². The number of hydrogen-bond acceptors (Lipinski definition) is 6. The van der Waals surface area contributed by atoms with Crippen LogP contribution in [0.1, 0.15) is 49.1 Å². The number of nitrogens with zero attached hydrogens (tertiary/aromatic N) is 3. The van der Waals surface area contributed by atoms with Crippen LogP contribution >= 0.6 is 0 Å². The lowest BCUT2D eigenvalue weighted by Gasteiger charge is -2.37. The lowest BCUT2D eigenvalue weighted by molar-refractivity contribution is -0.138. The summed E-state index contributed by atoms with van der Waals surface area (Å²) in [7, 11) is 0. The summed E-state index contributed by atoms with van der Waals surface area (Å²) < 4.78 is 55.8. The molecule has 3 aromatic rings. The molecule has 0 aliphatic carbocycles. The SMILES string of the molecule is C[C@@H](Nc1c(F)cnc2cnc(C3(O)CCN(C(=O)CO)CC3)cc12)c1cccc(C(F)F)c1F. The first kappa shape index (κ1) is 24.8. The maximum atomic E-state index is 14.9. The smallest absolute Gasteiger partial charge is 0.266 e. The molecule has 1 aliphatic heterocycles. The highest BCUT2D eigenvalue weighted by atomic mass is 19.3. The van der Waals surface area contributed by atoms with Crippen LogP contribution in [0.15, 0.2) is 36.7 Å². The number of carbonyl (C=O) groups is 1. The van der Waals surface area contributed by atoms with Crippen LogP contribution in [0.3, 0.4) is 0 Å². The maximum absolute atomic E-state index is 14.9. The Morgan fingerprint density at radius 3 is 2.51 bits per heavy atom. The van der Waals surface area contributed by atoms with Gasteiger partial charge in [0, 0.05) is 24.0 Å². The van der Waals surface area contributed by atoms with Gasteiger partial charge in [0.25, 0.3) is 6.43 Å². The number of piperidine rings is 1. The number of benzene rings is 1. The van der Waals surface area contributed by atoms with Gasteiger partial charge in [0.15, 0.2) is 5.82 Å². The van der Waals surface area contributed by atoms with Gasteiger partial charge in [-0.2, -0.15) is 0 Å². The number of amides is 1. The first-order valence-corrected chi connectivity index (χ1v) is 11.0. The van der Waals surface area contributed by atoms with E-state index >= 15 is 0 Å². The lowest BCUT2D eigenvalue weighted by atomic mass is 9.87. The molecule has 35 heavy (non-hydrogen) atoms. The third-order valence-electron chi connectivity index (χ3n) is 6.38. The number of aromatic nitrogens is 2. The van der Waals surface area contributed by atoms with Gasteiger partial charge in [0.1, 0.15) is 18.0 Å². The molecule has 186 valence electrons. The van der Waals surface area contributed by atoms with Crippen molar-refractivity contribution in [2.75, 3.05) is 25.0 Å². The number of rotatable bonds is 6. The third kappa shape index (κ3) is 4.78. The summed E-state index contributed by atoms with van der Waals surface area (Å²) in [6.45, 7) is 1.31. The number of halogens is 4. The number of alkyl halides is 2. The number of aliphatic hydroxyl groups is 2. The number of carbonyl (C=O) groups excluding carboxylic acids is 1. The summed E-state index contributed by atoms with van der Waals surface area (Å²) in [4.78, 5) is 21.5. The number of nitrogens with one attached hydrogen (secondary N) is 1. The molecule has 1 amide bonds. The molecule has 2 aromatic heterocycles. The fourth-order valence-corrected chi connectivity index (χ4v) is 4.32. The number of fused-ring (bicyclic) bond motifs is 1. The standard InChI is InChI=1S/C24H24F4N4O3/c1-13(14-3-2-4-15(21(14)26)23(27)28)31-22-16-9-19(30-11-18(16)29-10-17(22)25)24(35)5-7-32(8-6-24)20(34)12-33/h2-4,9-11,13,23,33,35H,5-8,12H2,1H3,(H,29,31)/t13-/m1/s1. The molecule has 11 heteroatoms. The minimum atomic E-state index is -2.99. The molecule has 1 aromatic carbocycles. The minimum Gasteiger partial charge on any atom is -0.387 e. The Kier molecular flexibility index (Phi) is 6.91. The van der Waals surface area contributed by atoms with Crippen molar-refractivity contribution in [3.05, 3.63) is 65.1 Å². The number of pyridine rings is 2. The first-order chi connectivity index (χ1) is 16.6. The second kappa shape index (κ2) is 9.74. The molecule has 4 rings (SSSR count). The van der Waals surface area contributed by atoms with Crippen LogP contribution in [0.2, 0.25) is 0 Å². The second-order valence-electron chi connectivity index (χ2n) is 8.56. The van der Waals surface area contributed by atoms with Crippen LogP contribution in [-0.4, -0.2) is 50.7 Å². The Morgan fingerprint density at radius 1 is 1.17 bits per heavy atom. The molecular weight excluding hydrogens is 468 g/mol. The van der Waals surface area contributed by atoms with Crippen molar-refractivity contribution < 1.29 is 32.6 Å². The Labute approximate surface area is 198 Å². The summed E-state index contributed by atoms with van der Waals surface area (Å²) in [6.07, 6.45) is -0.330. The van der Waals surface area contributed by atoms with Gasteiger partial charge < -0.3 is 20.4 Å². The predicted molar refractivity (Wildman–Crippen MR) is 120 cm³/mol. The fourth-order valence-electron chi connectivity index (χ4n) is 4.32. The van der Waals surface area contributed by atoms with E-state index in [1.165, 1.54) is 36.2 Å². The quantitative estimate of drug-likeness (QED) is 0.453. The highest BCUT2D eigenvalue weighted by Crippen LogP contribution is 2.36. The summed E-state index contributed by atoms with van der Waals surface area (Å²) in [5.74, 6) is -2.25. The van der Waals surface area contributed by atoms with E-state index in [1.807, 2.05) is 0 Å². The van der Waals surface area contributed by atoms with Gasteiger partial charge in [-0.1, -0.05) is 18.2 Å². The topological polar surface area (TPSA) is 98.6 Å². The van der Waals surface area contributed by atoms with Crippen molar-refractivity contribution >= 4 is 22.5 Å². The monoisotopic (exact) mass is 492 g/mol. The normalized spacial score (nSPS) is 16.5. The van der Waals surface area contributed by atoms with Crippen molar-refractivity contribution in [2.24, 2.45) is 0 Å². The van der Waals surface area contributed by atoms with Crippen LogP contribution in [0.25, 0.3) is 10.9 Å². The van der Waals surface area contributed by atoms with Crippen LogP contribution in [0, 0.1) is 11.6 Å². The zero-order valence-corrected chi connectivity index (χ0v) is 18.8. The predicted octanol–water partition coefficient (Wildman–Crippen LogP) is 3.82. The number of aliphatic hydroxyl groups excluding tert-OH is 1. The van der Waals surface area contributed by atoms with Gasteiger partial charge in [0.2, 0.25) is 5.91 Å². The van der Waals surface area contributed by atoms with Crippen LogP contribution in [0.4, 0.5) is 23.2 Å². The summed E-state index contributed by atoms with van der Waals surface area (Å²) >= 11 is 0. The van der Waals surface area contributed by atoms with Crippen molar-refractivity contribution in [1.82, 2.24) is 14.9 Å². The fraction of sp³-hybridized carbons (Fsp3) is 0.375. The number of likely N-dealkylation sites (tertiary alicyclic amines) is 1. The zero-order chi connectivity index (χ0) is 25.3. The third-order valence-corrected chi connectivity index (χ3v) is 6.38. The van der Waals surface area contributed by atoms with Crippen molar-refractivity contribution in [2.45, 2.75) is 37.8 Å². The van der Waals surface area contributed by atoms with E-state index in [0.717, 1.165) is 12.3 Å². The molecule has 1 atom stereocenters. The second-order valence-corrected chi connectivity index (χ2v) is 8.56. The zero-order valence-electron chi connectivity index (χ0n) is 18.8. The molecule has 3 heterocycles. The highest BCUT2D eigenvalue weighted by molar-refractivity contribution is 5.91. The summed E-state index contributed by atoms with van der Waals surface area (Å²) in [5, 5.41) is 23.4. The van der Waals surface area contributed by atoms with Crippen LogP contribution < -0.4 is 5.32 Å². The maximum Gasteiger partial charge on any atom is 0.266 e. The molecule has 1 fully saturated rings. The molecule has 3 N–H and O–H groups in total. The van der Waals surface area contributed by atoms with Gasteiger partial charge >= 0.3 is 0 Å². The van der Waals surface area contributed by atoms with E-state index in [-0.39, 0.29) is 48.3 Å². The molecule has 0 radical (unpaired) electrons. The molecule has 7 nitrogen and oxygen atoms in total. The van der Waals surface area contributed by atoms with E-state index in [2.05, 4.69) is 15.3 Å². The number of anilines is 1. The molecule has 0 saturated carbocycles. The largest absolute Gasteiger partial charge is 0.387 e. The Balaban J connectivity index is 1.67. The minimum absolute atomic E-state index is 0.0375. The number of hydrogen-bond donors (Lipinski definition) is 3. The molecule has 1 aliphatic rings. The van der Waals surface area contributed by atoms with Crippen LogP contribution in [0.5, 0.6) is 0 Å². The molecule has 0 spiro atoms. The average molecular weight is 492 g/mol. The van der Waals surface area contributed by atoms with E-state index in [4.69, 9.17) is 5.11 Å². The van der Waals surface area contributed by atoms with Gasteiger partial charge in [-0.05, 0) is 25.8 Å². The molecule has 1 saturated heterocycles. The van der Waals surface area contributed by atoms with E-state index in [9.17, 15) is 27.5 Å². The van der Waals surface area contributed by atoms with Gasteiger partial charge in [-0.25, -0.2) is 17.6 Å². The van der Waals surface area contributed by atoms with Crippen LogP contribution in [-0.2, 0) is 10.4 Å². The van der Waals surface area contributed by atoms with Gasteiger partial charge in [0.05, 0.1) is 40.9 Å². The lowest BCUT2D eigenvalue weighted by Crippen LogP contribution is -2.46. The van der Waals surface area contributed by atoms with Crippen molar-refractivity contribution in [3.63, 3.8) is 0 Å². The molecule has 0 unspecified atom stereocenters. The van der Waals surface area contributed by atoms with Gasteiger partial charge in [-0.15, -0.1) is 0 Å². The highest BCUT2D eigenvalue weighted by Gasteiger charge is 2.37. The van der Waals surface area contributed by atoms with Crippen molar-refractivity contribution in [3.8, 4) is 0 Å². The Hall–Kier alpha value is -3.31. The summed E-state index contributed by atoms with van der Waals surface area (Å²) in [5.41, 5.74) is -1.67. The Bertz CT molecular complexity index is 1250. The van der Waals surface area contributed by atoms with E-state index in [0.29, 0.717) is 5.52 Å². The summed E-state index contributed by atoms with van der Waals surface area (Å²) in [6, 6.07) is 4.26. The molecular formula is C24H24F4N4O3. The average Bonchev–Trinajstić information content (AvgIpc) is 2.85. The molecule has 0 bridgehead atoms.